The molecule has 0 aliphatic carbocycles. The quantitative estimate of drug-likeness (QED) is 0.791. The van der Waals surface area contributed by atoms with Crippen molar-refractivity contribution in [2.45, 2.75) is 6.54 Å². The smallest absolute Gasteiger partial charge is 0.294 e. The van der Waals surface area contributed by atoms with Crippen molar-refractivity contribution >= 4 is 16.9 Å². The molecular formula is C12H13N3O. The molecule has 1 N–H and O–H groups in total. The van der Waals surface area contributed by atoms with E-state index in [4.69, 9.17) is 0 Å². The molecular weight excluding hydrogens is 202 g/mol. The number of anilines is 1. The van der Waals surface area contributed by atoms with E-state index in [2.05, 4.69) is 16.9 Å². The average Bonchev–Trinajstić information content (AvgIpc) is 2.32. The Balaban J connectivity index is 2.85. The van der Waals surface area contributed by atoms with Crippen molar-refractivity contribution in [2.24, 2.45) is 0 Å². The third-order valence-corrected chi connectivity index (χ3v) is 2.40. The van der Waals surface area contributed by atoms with Gasteiger partial charge in [-0.05, 0) is 12.1 Å². The van der Waals surface area contributed by atoms with Crippen LogP contribution in [0.5, 0.6) is 0 Å². The Morgan fingerprint density at radius 2 is 2.25 bits per heavy atom. The summed E-state index contributed by atoms with van der Waals surface area (Å²) in [6.45, 7) is 4.14. The van der Waals surface area contributed by atoms with E-state index in [1.165, 1.54) is 0 Å². The van der Waals surface area contributed by atoms with Gasteiger partial charge in [0.1, 0.15) is 0 Å². The highest BCUT2D eigenvalue weighted by Gasteiger charge is 2.07. The van der Waals surface area contributed by atoms with E-state index in [9.17, 15) is 4.79 Å². The van der Waals surface area contributed by atoms with E-state index in [0.717, 1.165) is 11.0 Å². The summed E-state index contributed by atoms with van der Waals surface area (Å²) in [6, 6.07) is 7.56. The van der Waals surface area contributed by atoms with Crippen LogP contribution in [0.4, 0.5) is 5.82 Å². The van der Waals surface area contributed by atoms with Crippen LogP contribution in [0.3, 0.4) is 0 Å². The molecule has 0 fully saturated rings. The van der Waals surface area contributed by atoms with Gasteiger partial charge in [0, 0.05) is 13.6 Å². The van der Waals surface area contributed by atoms with E-state index in [-0.39, 0.29) is 5.56 Å². The lowest BCUT2D eigenvalue weighted by atomic mass is 10.3. The van der Waals surface area contributed by atoms with Gasteiger partial charge in [-0.2, -0.15) is 0 Å². The first-order valence-corrected chi connectivity index (χ1v) is 5.06. The minimum atomic E-state index is -0.124. The second-order valence-electron chi connectivity index (χ2n) is 3.40. The molecule has 2 rings (SSSR count). The Labute approximate surface area is 93.2 Å². The topological polar surface area (TPSA) is 46.9 Å². The standard InChI is InChI=1S/C12H13N3O/c1-3-8-15-10-7-5-4-6-9(10)14-11(13-2)12(15)16/h3-7H,1,8H2,2H3,(H,13,14). The van der Waals surface area contributed by atoms with E-state index >= 15 is 0 Å². The van der Waals surface area contributed by atoms with Gasteiger partial charge in [0.05, 0.1) is 11.0 Å². The minimum Gasteiger partial charge on any atom is -0.369 e. The van der Waals surface area contributed by atoms with Gasteiger partial charge in [0.2, 0.25) is 0 Å². The summed E-state index contributed by atoms with van der Waals surface area (Å²) < 4.78 is 1.65. The zero-order chi connectivity index (χ0) is 11.5. The van der Waals surface area contributed by atoms with Crippen LogP contribution in [0.1, 0.15) is 0 Å². The van der Waals surface area contributed by atoms with Crippen molar-refractivity contribution in [1.82, 2.24) is 9.55 Å². The molecule has 0 atom stereocenters. The third-order valence-electron chi connectivity index (χ3n) is 2.40. The first-order valence-electron chi connectivity index (χ1n) is 5.06. The highest BCUT2D eigenvalue weighted by molar-refractivity contribution is 5.76. The molecule has 0 radical (unpaired) electrons. The predicted octanol–water partition coefficient (Wildman–Crippen LogP) is 1.62. The Hall–Kier alpha value is -2.10. The number of fused-ring (bicyclic) bond motifs is 1. The lowest BCUT2D eigenvalue weighted by Gasteiger charge is -2.09. The number of allylic oxidation sites excluding steroid dienone is 1. The van der Waals surface area contributed by atoms with Crippen molar-refractivity contribution in [3.63, 3.8) is 0 Å². The maximum atomic E-state index is 12.0. The van der Waals surface area contributed by atoms with E-state index in [1.807, 2.05) is 24.3 Å². The summed E-state index contributed by atoms with van der Waals surface area (Å²) in [5, 5.41) is 2.81. The molecule has 0 aliphatic rings. The Morgan fingerprint density at radius 3 is 2.94 bits per heavy atom. The minimum absolute atomic E-state index is 0.124. The summed E-state index contributed by atoms with van der Waals surface area (Å²) in [7, 11) is 1.69. The van der Waals surface area contributed by atoms with Gasteiger partial charge >= 0.3 is 0 Å². The maximum Gasteiger partial charge on any atom is 0.294 e. The summed E-state index contributed by atoms with van der Waals surface area (Å²) in [6.07, 6.45) is 1.70. The largest absolute Gasteiger partial charge is 0.369 e. The first-order chi connectivity index (χ1) is 7.77. The molecule has 0 amide bonds. The van der Waals surface area contributed by atoms with Gasteiger partial charge in [-0.25, -0.2) is 4.98 Å². The highest BCUT2D eigenvalue weighted by Crippen LogP contribution is 2.11. The second kappa shape index (κ2) is 4.18. The third kappa shape index (κ3) is 1.58. The Bertz CT molecular complexity index is 586. The van der Waals surface area contributed by atoms with Crippen LogP contribution in [-0.4, -0.2) is 16.6 Å². The van der Waals surface area contributed by atoms with Crippen molar-refractivity contribution in [1.29, 1.82) is 0 Å². The van der Waals surface area contributed by atoms with Gasteiger partial charge < -0.3 is 5.32 Å². The summed E-state index contributed by atoms with van der Waals surface area (Å²) >= 11 is 0. The fourth-order valence-electron chi connectivity index (χ4n) is 1.67. The molecule has 0 saturated heterocycles. The predicted molar refractivity (Wildman–Crippen MR) is 65.7 cm³/mol. The highest BCUT2D eigenvalue weighted by atomic mass is 16.1. The summed E-state index contributed by atoms with van der Waals surface area (Å²) in [4.78, 5) is 16.3. The maximum absolute atomic E-state index is 12.0. The second-order valence-corrected chi connectivity index (χ2v) is 3.40. The van der Waals surface area contributed by atoms with Crippen LogP contribution in [0.25, 0.3) is 11.0 Å². The molecule has 4 nitrogen and oxygen atoms in total. The molecule has 2 aromatic rings. The van der Waals surface area contributed by atoms with Gasteiger partial charge in [-0.3, -0.25) is 9.36 Å². The van der Waals surface area contributed by atoms with Crippen LogP contribution >= 0.6 is 0 Å². The fraction of sp³-hybridized carbons (Fsp3) is 0.167. The number of para-hydroxylation sites is 2. The molecule has 82 valence electrons. The van der Waals surface area contributed by atoms with Crippen molar-refractivity contribution in [3.8, 4) is 0 Å². The molecule has 1 heterocycles. The van der Waals surface area contributed by atoms with Crippen LogP contribution in [-0.2, 0) is 6.54 Å². The fourth-order valence-corrected chi connectivity index (χ4v) is 1.67. The summed E-state index contributed by atoms with van der Waals surface area (Å²) in [5.41, 5.74) is 1.50. The Kier molecular flexibility index (Phi) is 2.72. The monoisotopic (exact) mass is 215 g/mol. The van der Waals surface area contributed by atoms with Crippen LogP contribution in [0.15, 0.2) is 41.7 Å². The SMILES string of the molecule is C=CCn1c(=O)c(NC)nc2ccccc21. The number of hydrogen-bond donors (Lipinski definition) is 1. The van der Waals surface area contributed by atoms with Crippen molar-refractivity contribution in [2.75, 3.05) is 12.4 Å². The van der Waals surface area contributed by atoms with E-state index in [0.29, 0.717) is 12.4 Å². The molecule has 1 aromatic carbocycles. The molecule has 4 heteroatoms. The average molecular weight is 215 g/mol. The zero-order valence-electron chi connectivity index (χ0n) is 9.10. The van der Waals surface area contributed by atoms with Crippen molar-refractivity contribution in [3.05, 3.63) is 47.3 Å². The van der Waals surface area contributed by atoms with Crippen LogP contribution in [0, 0.1) is 0 Å². The van der Waals surface area contributed by atoms with E-state index < -0.39 is 0 Å². The number of aromatic nitrogens is 2. The molecule has 0 unspecified atom stereocenters. The number of rotatable bonds is 3. The molecule has 0 saturated carbocycles. The van der Waals surface area contributed by atoms with Crippen LogP contribution < -0.4 is 10.9 Å². The zero-order valence-corrected chi connectivity index (χ0v) is 9.10. The number of nitrogens with zero attached hydrogens (tertiary/aromatic N) is 2. The normalized spacial score (nSPS) is 10.3. The van der Waals surface area contributed by atoms with Gasteiger partial charge in [0.15, 0.2) is 5.82 Å². The molecule has 1 aromatic heterocycles. The van der Waals surface area contributed by atoms with Gasteiger partial charge in [-0.15, -0.1) is 6.58 Å². The van der Waals surface area contributed by atoms with Gasteiger partial charge in [-0.1, -0.05) is 18.2 Å². The first kappa shape index (κ1) is 10.4. The molecule has 0 spiro atoms. The number of nitrogens with one attached hydrogen (secondary N) is 1. The lowest BCUT2D eigenvalue weighted by molar-refractivity contribution is 0.812. The Morgan fingerprint density at radius 1 is 1.50 bits per heavy atom. The molecule has 16 heavy (non-hydrogen) atoms. The molecule has 0 aliphatic heterocycles. The lowest BCUT2D eigenvalue weighted by Crippen LogP contribution is -2.24. The van der Waals surface area contributed by atoms with Crippen molar-refractivity contribution < 1.29 is 0 Å². The van der Waals surface area contributed by atoms with Gasteiger partial charge in [0.25, 0.3) is 5.56 Å². The number of hydrogen-bond acceptors (Lipinski definition) is 3. The van der Waals surface area contributed by atoms with Crippen LogP contribution in [0.2, 0.25) is 0 Å². The van der Waals surface area contributed by atoms with E-state index in [1.54, 1.807) is 17.7 Å². The molecule has 0 bridgehead atoms. The summed E-state index contributed by atoms with van der Waals surface area (Å²) in [5.74, 6) is 0.362. The number of benzene rings is 1.